The van der Waals surface area contributed by atoms with E-state index in [1.165, 1.54) is 0 Å². The fraction of sp³-hybridized carbons (Fsp3) is 0.583. The number of ether oxygens (including phenoxy) is 1. The van der Waals surface area contributed by atoms with Gasteiger partial charge in [0.05, 0.1) is 12.5 Å². The van der Waals surface area contributed by atoms with Crippen LogP contribution in [0, 0.1) is 30.1 Å². The van der Waals surface area contributed by atoms with E-state index < -0.39 is 0 Å². The van der Waals surface area contributed by atoms with Crippen LogP contribution < -0.4 is 15.8 Å². The molecule has 3 aliphatic carbocycles. The number of rotatable bonds is 8. The number of carbonyl (C=O) groups excluding carboxylic acids is 2. The number of Topliss-reactive ketones (excluding diaryl/α,β-unsaturated/α-hetero) is 1. The SMILES string of the molecule is COc1cc(C)c(C(CCl)CNC(=O)C23CC4(C(C)=O)CC42C3)c(/C(C)=C\N)c1C. The summed E-state index contributed by atoms with van der Waals surface area (Å²) >= 11 is 6.40. The summed E-state index contributed by atoms with van der Waals surface area (Å²) in [5, 5.41) is 3.17. The van der Waals surface area contributed by atoms with Crippen molar-refractivity contribution < 1.29 is 14.3 Å². The lowest BCUT2D eigenvalue weighted by molar-refractivity contribution is -0.135. The van der Waals surface area contributed by atoms with Gasteiger partial charge in [-0.3, -0.25) is 9.59 Å². The van der Waals surface area contributed by atoms with Gasteiger partial charge in [-0.15, -0.1) is 11.6 Å². The summed E-state index contributed by atoms with van der Waals surface area (Å²) in [4.78, 5) is 25.0. The first-order valence-electron chi connectivity index (χ1n) is 10.6. The Kier molecular flexibility index (Phi) is 4.77. The first-order valence-corrected chi connectivity index (χ1v) is 11.1. The summed E-state index contributed by atoms with van der Waals surface area (Å²) in [5.74, 6) is 1.48. The molecule has 3 aliphatic rings. The molecule has 0 saturated heterocycles. The highest BCUT2D eigenvalue weighted by Gasteiger charge is 3.00. The molecule has 30 heavy (non-hydrogen) atoms. The van der Waals surface area contributed by atoms with Gasteiger partial charge in [0.15, 0.2) is 0 Å². The van der Waals surface area contributed by atoms with Crippen molar-refractivity contribution in [3.05, 3.63) is 34.5 Å². The Bertz CT molecular complexity index is 987. The Balaban J connectivity index is 1.55. The van der Waals surface area contributed by atoms with E-state index in [1.54, 1.807) is 20.2 Å². The van der Waals surface area contributed by atoms with Gasteiger partial charge >= 0.3 is 0 Å². The highest BCUT2D eigenvalue weighted by Crippen LogP contribution is 3.00. The van der Waals surface area contributed by atoms with Gasteiger partial charge in [-0.2, -0.15) is 0 Å². The molecular weight excluding hydrogens is 400 g/mol. The quantitative estimate of drug-likeness (QED) is 0.614. The van der Waals surface area contributed by atoms with Crippen LogP contribution in [-0.4, -0.2) is 31.2 Å². The maximum atomic E-state index is 13.0. The van der Waals surface area contributed by atoms with E-state index >= 15 is 0 Å². The van der Waals surface area contributed by atoms with Gasteiger partial charge in [-0.25, -0.2) is 0 Å². The summed E-state index contributed by atoms with van der Waals surface area (Å²) < 4.78 is 5.55. The molecule has 0 radical (unpaired) electrons. The molecule has 6 heteroatoms. The van der Waals surface area contributed by atoms with E-state index in [2.05, 4.69) is 5.32 Å². The van der Waals surface area contributed by atoms with Gasteiger partial charge in [0, 0.05) is 23.8 Å². The zero-order chi connectivity index (χ0) is 22.1. The van der Waals surface area contributed by atoms with Crippen molar-refractivity contribution in [3.8, 4) is 5.75 Å². The minimum Gasteiger partial charge on any atom is -0.496 e. The normalized spacial score (nSPS) is 31.7. The number of methoxy groups -OCH3 is 1. The van der Waals surface area contributed by atoms with Gasteiger partial charge < -0.3 is 15.8 Å². The van der Waals surface area contributed by atoms with Crippen LogP contribution in [0.5, 0.6) is 5.75 Å². The molecule has 1 amide bonds. The van der Waals surface area contributed by atoms with Crippen molar-refractivity contribution in [2.75, 3.05) is 19.5 Å². The van der Waals surface area contributed by atoms with Gasteiger partial charge in [0.25, 0.3) is 0 Å². The zero-order valence-corrected chi connectivity index (χ0v) is 19.2. The highest BCUT2D eigenvalue weighted by atomic mass is 35.5. The lowest BCUT2D eigenvalue weighted by atomic mass is 9.72. The van der Waals surface area contributed by atoms with Crippen LogP contribution in [0.25, 0.3) is 5.57 Å². The summed E-state index contributed by atoms with van der Waals surface area (Å²) in [6.45, 7) is 8.17. The van der Waals surface area contributed by atoms with E-state index in [0.717, 1.165) is 46.4 Å². The van der Waals surface area contributed by atoms with Crippen LogP contribution in [0.2, 0.25) is 0 Å². The third-order valence-electron chi connectivity index (χ3n) is 8.26. The second kappa shape index (κ2) is 6.74. The monoisotopic (exact) mass is 430 g/mol. The van der Waals surface area contributed by atoms with Crippen LogP contribution in [0.3, 0.4) is 0 Å². The van der Waals surface area contributed by atoms with E-state index in [1.807, 2.05) is 26.8 Å². The van der Waals surface area contributed by atoms with Gasteiger partial charge in [0.2, 0.25) is 5.91 Å². The standard InChI is InChI=1S/C24H31ClN2O3/c1-13-6-18(30-5)15(3)19(14(2)8-26)20(13)17(7-25)9-27-21(29)23-10-22(16(4)28)11-24(22,23)12-23/h6,8,17H,7,9-12,26H2,1-5H3,(H,27,29)/b14-8-. The molecule has 5 nitrogen and oxygen atoms in total. The maximum absolute atomic E-state index is 13.0. The number of hydrogen-bond acceptors (Lipinski definition) is 4. The number of allylic oxidation sites excluding steroid dienone is 1. The molecule has 1 spiro atoms. The molecule has 4 unspecified atom stereocenters. The minimum absolute atomic E-state index is 0.0248. The summed E-state index contributed by atoms with van der Waals surface area (Å²) in [7, 11) is 1.66. The fourth-order valence-electron chi connectivity index (χ4n) is 6.49. The number of benzene rings is 1. The Morgan fingerprint density at radius 3 is 2.43 bits per heavy atom. The highest BCUT2D eigenvalue weighted by molar-refractivity contribution is 6.18. The molecule has 1 aromatic carbocycles. The molecule has 0 aliphatic heterocycles. The molecule has 3 saturated carbocycles. The smallest absolute Gasteiger partial charge is 0.226 e. The van der Waals surface area contributed by atoms with Crippen LogP contribution in [0.1, 0.15) is 61.3 Å². The third kappa shape index (κ3) is 2.47. The average molecular weight is 431 g/mol. The predicted octanol–water partition coefficient (Wildman–Crippen LogP) is 3.83. The third-order valence-corrected chi connectivity index (χ3v) is 8.63. The second-order valence-corrected chi connectivity index (χ2v) is 9.86. The molecule has 162 valence electrons. The second-order valence-electron chi connectivity index (χ2n) is 9.55. The van der Waals surface area contributed by atoms with E-state index in [9.17, 15) is 9.59 Å². The Labute approximate surface area is 183 Å². The summed E-state index contributed by atoms with van der Waals surface area (Å²) in [6, 6.07) is 2.02. The number of hydrogen-bond donors (Lipinski definition) is 2. The number of ketones is 1. The van der Waals surface area contributed by atoms with Crippen LogP contribution in [-0.2, 0) is 9.59 Å². The lowest BCUT2D eigenvalue weighted by Crippen LogP contribution is -2.44. The Morgan fingerprint density at radius 2 is 1.93 bits per heavy atom. The summed E-state index contributed by atoms with van der Waals surface area (Å²) in [6.07, 6.45) is 4.07. The van der Waals surface area contributed by atoms with Crippen molar-refractivity contribution in [2.24, 2.45) is 22.0 Å². The lowest BCUT2D eigenvalue weighted by Gasteiger charge is -2.32. The van der Waals surface area contributed by atoms with Crippen molar-refractivity contribution in [2.45, 2.75) is 52.9 Å². The van der Waals surface area contributed by atoms with Gasteiger partial charge in [0.1, 0.15) is 11.5 Å². The number of aryl methyl sites for hydroxylation is 1. The van der Waals surface area contributed by atoms with E-state index in [-0.39, 0.29) is 33.9 Å². The molecule has 1 aromatic rings. The Hall–Kier alpha value is -2.01. The van der Waals surface area contributed by atoms with E-state index in [0.29, 0.717) is 18.8 Å². The van der Waals surface area contributed by atoms with Gasteiger partial charge in [-0.05, 0) is 92.5 Å². The van der Waals surface area contributed by atoms with Crippen LogP contribution >= 0.6 is 11.6 Å². The summed E-state index contributed by atoms with van der Waals surface area (Å²) in [5.41, 5.74) is 10.5. The molecular formula is C24H31ClN2O3. The molecule has 3 N–H and O–H groups in total. The fourth-order valence-corrected chi connectivity index (χ4v) is 6.75. The Morgan fingerprint density at radius 1 is 1.27 bits per heavy atom. The minimum atomic E-state index is -0.309. The van der Waals surface area contributed by atoms with Crippen molar-refractivity contribution >= 4 is 28.9 Å². The number of alkyl halides is 1. The number of halogens is 1. The molecule has 0 heterocycles. The average Bonchev–Trinajstić information content (AvgIpc) is 3.50. The number of amides is 1. The maximum Gasteiger partial charge on any atom is 0.226 e. The van der Waals surface area contributed by atoms with Crippen molar-refractivity contribution in [1.82, 2.24) is 5.32 Å². The molecule has 0 aromatic heterocycles. The van der Waals surface area contributed by atoms with Gasteiger partial charge in [-0.1, -0.05) is 0 Å². The molecule has 0 bridgehead atoms. The first-order chi connectivity index (χ1) is 14.1. The predicted molar refractivity (Wildman–Crippen MR) is 119 cm³/mol. The molecule has 4 atom stereocenters. The molecule has 4 rings (SSSR count). The van der Waals surface area contributed by atoms with Crippen LogP contribution in [0.4, 0.5) is 0 Å². The number of nitrogens with two attached hydrogens (primary N) is 1. The topological polar surface area (TPSA) is 81.4 Å². The first kappa shape index (κ1) is 21.2. The van der Waals surface area contributed by atoms with Crippen molar-refractivity contribution in [3.63, 3.8) is 0 Å². The zero-order valence-electron chi connectivity index (χ0n) is 18.4. The van der Waals surface area contributed by atoms with E-state index in [4.69, 9.17) is 22.1 Å². The number of nitrogens with one attached hydrogen (secondary N) is 1. The van der Waals surface area contributed by atoms with Crippen LogP contribution in [0.15, 0.2) is 12.3 Å². The van der Waals surface area contributed by atoms with Crippen molar-refractivity contribution in [1.29, 1.82) is 0 Å². The molecule has 3 fully saturated rings. The largest absolute Gasteiger partial charge is 0.496 e. The number of carbonyl (C=O) groups is 2.